The minimum absolute atomic E-state index is 0.0782. The predicted octanol–water partition coefficient (Wildman–Crippen LogP) is 1.86. The highest BCUT2D eigenvalue weighted by Crippen LogP contribution is 2.41. The van der Waals surface area contributed by atoms with Gasteiger partial charge in [-0.25, -0.2) is 8.42 Å². The van der Waals surface area contributed by atoms with Crippen LogP contribution in [0.15, 0.2) is 0 Å². The maximum Gasteiger partial charge on any atom is 0.151 e. The summed E-state index contributed by atoms with van der Waals surface area (Å²) in [5.74, 6) is 1.36. The van der Waals surface area contributed by atoms with Crippen molar-refractivity contribution in [1.29, 1.82) is 0 Å². The zero-order valence-electron chi connectivity index (χ0n) is 8.13. The van der Waals surface area contributed by atoms with Gasteiger partial charge in [-0.2, -0.15) is 0 Å². The van der Waals surface area contributed by atoms with Crippen molar-refractivity contribution < 1.29 is 8.42 Å². The summed E-state index contributed by atoms with van der Waals surface area (Å²) in [6.07, 6.45) is 2.29. The van der Waals surface area contributed by atoms with Crippen molar-refractivity contribution in [2.75, 3.05) is 11.5 Å². The molecule has 2 nitrogen and oxygen atoms in total. The highest BCUT2D eigenvalue weighted by molar-refractivity contribution is 7.92. The van der Waals surface area contributed by atoms with Crippen LogP contribution in [0.2, 0.25) is 0 Å². The highest BCUT2D eigenvalue weighted by Gasteiger charge is 2.47. The molecule has 0 saturated carbocycles. The van der Waals surface area contributed by atoms with Gasteiger partial charge in [-0.3, -0.25) is 0 Å². The third-order valence-electron chi connectivity index (χ3n) is 3.01. The van der Waals surface area contributed by atoms with Gasteiger partial charge in [0.25, 0.3) is 0 Å². The average Bonchev–Trinajstić information content (AvgIpc) is 1.83. The second-order valence-electron chi connectivity index (χ2n) is 4.38. The maximum atomic E-state index is 11.0. The van der Waals surface area contributed by atoms with Gasteiger partial charge in [-0.15, -0.1) is 0 Å². The van der Waals surface area contributed by atoms with E-state index in [2.05, 4.69) is 20.8 Å². The lowest BCUT2D eigenvalue weighted by atomic mass is 9.78. The Morgan fingerprint density at radius 2 is 1.92 bits per heavy atom. The van der Waals surface area contributed by atoms with Gasteiger partial charge in [0.2, 0.25) is 0 Å². The molecular formula is C9H18O2S. The van der Waals surface area contributed by atoms with Crippen LogP contribution in [0, 0.1) is 11.3 Å². The Balaban J connectivity index is 2.54. The molecule has 0 spiro atoms. The van der Waals surface area contributed by atoms with E-state index in [1.54, 1.807) is 0 Å². The van der Waals surface area contributed by atoms with E-state index in [4.69, 9.17) is 0 Å². The van der Waals surface area contributed by atoms with Crippen LogP contribution in [-0.4, -0.2) is 19.9 Å². The summed E-state index contributed by atoms with van der Waals surface area (Å²) in [6.45, 7) is 6.40. The Kier molecular flexibility index (Phi) is 2.52. The van der Waals surface area contributed by atoms with Crippen molar-refractivity contribution in [2.45, 2.75) is 33.6 Å². The fourth-order valence-corrected chi connectivity index (χ4v) is 4.52. The average molecular weight is 190 g/mol. The molecule has 1 fully saturated rings. The molecule has 0 aromatic rings. The van der Waals surface area contributed by atoms with Crippen LogP contribution in [0.4, 0.5) is 0 Å². The lowest BCUT2D eigenvalue weighted by Crippen LogP contribution is -2.50. The molecule has 0 aromatic heterocycles. The summed E-state index contributed by atoms with van der Waals surface area (Å²) in [5.41, 5.74) is 0.0782. The third kappa shape index (κ3) is 1.82. The first kappa shape index (κ1) is 10.0. The standard InChI is InChI=1S/C9H18O2S/c1-4-5-8(2)9(3)6-12(10,11)7-9/h8H,4-7H2,1-3H3. The molecule has 1 aliphatic rings. The summed E-state index contributed by atoms with van der Waals surface area (Å²) in [7, 11) is -2.65. The van der Waals surface area contributed by atoms with Gasteiger partial charge >= 0.3 is 0 Å². The van der Waals surface area contributed by atoms with E-state index in [9.17, 15) is 8.42 Å². The van der Waals surface area contributed by atoms with Crippen LogP contribution in [0.5, 0.6) is 0 Å². The van der Waals surface area contributed by atoms with Crippen molar-refractivity contribution in [1.82, 2.24) is 0 Å². The molecule has 1 unspecified atom stereocenters. The lowest BCUT2D eigenvalue weighted by molar-refractivity contribution is 0.227. The van der Waals surface area contributed by atoms with E-state index in [-0.39, 0.29) is 5.41 Å². The fourth-order valence-electron chi connectivity index (χ4n) is 2.03. The first-order valence-corrected chi connectivity index (χ1v) is 6.42. The molecule has 1 heterocycles. The largest absolute Gasteiger partial charge is 0.229 e. The lowest BCUT2D eigenvalue weighted by Gasteiger charge is -2.42. The summed E-state index contributed by atoms with van der Waals surface area (Å²) < 4.78 is 22.0. The van der Waals surface area contributed by atoms with Crippen LogP contribution < -0.4 is 0 Å². The molecule has 0 aliphatic carbocycles. The van der Waals surface area contributed by atoms with Gasteiger partial charge in [0, 0.05) is 0 Å². The Morgan fingerprint density at radius 1 is 1.42 bits per heavy atom. The first-order valence-electron chi connectivity index (χ1n) is 4.60. The highest BCUT2D eigenvalue weighted by atomic mass is 32.2. The predicted molar refractivity (Wildman–Crippen MR) is 50.8 cm³/mol. The quantitative estimate of drug-likeness (QED) is 0.680. The topological polar surface area (TPSA) is 34.1 Å². The Hall–Kier alpha value is -0.0500. The van der Waals surface area contributed by atoms with Crippen LogP contribution in [0.3, 0.4) is 0 Å². The van der Waals surface area contributed by atoms with Crippen LogP contribution in [0.1, 0.15) is 33.6 Å². The molecule has 0 radical (unpaired) electrons. The molecule has 12 heavy (non-hydrogen) atoms. The number of hydrogen-bond acceptors (Lipinski definition) is 2. The molecule has 1 atom stereocenters. The van der Waals surface area contributed by atoms with Crippen molar-refractivity contribution in [3.05, 3.63) is 0 Å². The number of rotatable bonds is 3. The zero-order valence-corrected chi connectivity index (χ0v) is 8.95. The molecule has 1 rings (SSSR count). The van der Waals surface area contributed by atoms with Crippen molar-refractivity contribution >= 4 is 9.84 Å². The maximum absolute atomic E-state index is 11.0. The van der Waals surface area contributed by atoms with E-state index in [0.29, 0.717) is 17.4 Å². The smallest absolute Gasteiger partial charge is 0.151 e. The monoisotopic (exact) mass is 190 g/mol. The van der Waals surface area contributed by atoms with Gasteiger partial charge < -0.3 is 0 Å². The van der Waals surface area contributed by atoms with Crippen molar-refractivity contribution in [3.8, 4) is 0 Å². The van der Waals surface area contributed by atoms with Crippen molar-refractivity contribution in [3.63, 3.8) is 0 Å². The molecule has 1 saturated heterocycles. The van der Waals surface area contributed by atoms with Crippen LogP contribution in [0.25, 0.3) is 0 Å². The second-order valence-corrected chi connectivity index (χ2v) is 6.44. The molecule has 0 amide bonds. The summed E-state index contributed by atoms with van der Waals surface area (Å²) in [4.78, 5) is 0. The number of sulfone groups is 1. The van der Waals surface area contributed by atoms with Crippen molar-refractivity contribution in [2.24, 2.45) is 11.3 Å². The van der Waals surface area contributed by atoms with Gasteiger partial charge in [0.05, 0.1) is 11.5 Å². The molecule has 3 heteroatoms. The minimum atomic E-state index is -2.65. The van der Waals surface area contributed by atoms with E-state index in [1.165, 1.54) is 0 Å². The number of hydrogen-bond donors (Lipinski definition) is 0. The van der Waals surface area contributed by atoms with Gasteiger partial charge in [0.1, 0.15) is 0 Å². The Bertz CT molecular complexity index is 242. The molecule has 0 N–H and O–H groups in total. The van der Waals surface area contributed by atoms with Gasteiger partial charge in [-0.05, 0) is 11.3 Å². The Labute approximate surface area is 75.3 Å². The molecular weight excluding hydrogens is 172 g/mol. The normalized spacial score (nSPS) is 27.6. The molecule has 72 valence electrons. The SMILES string of the molecule is CCCC(C)C1(C)CS(=O)(=O)C1. The van der Waals surface area contributed by atoms with Crippen LogP contribution >= 0.6 is 0 Å². The third-order valence-corrected chi connectivity index (χ3v) is 5.21. The van der Waals surface area contributed by atoms with Gasteiger partial charge in [-0.1, -0.05) is 33.6 Å². The summed E-state index contributed by atoms with van der Waals surface area (Å²) in [6, 6.07) is 0. The van der Waals surface area contributed by atoms with E-state index in [1.807, 2.05) is 0 Å². The zero-order chi connectivity index (χ0) is 9.41. The van der Waals surface area contributed by atoms with E-state index in [0.717, 1.165) is 12.8 Å². The van der Waals surface area contributed by atoms with E-state index < -0.39 is 9.84 Å². The summed E-state index contributed by atoms with van der Waals surface area (Å²) >= 11 is 0. The summed E-state index contributed by atoms with van der Waals surface area (Å²) in [5, 5.41) is 0. The fraction of sp³-hybridized carbons (Fsp3) is 1.00. The molecule has 0 bridgehead atoms. The van der Waals surface area contributed by atoms with Gasteiger partial charge in [0.15, 0.2) is 9.84 Å². The Morgan fingerprint density at radius 3 is 2.25 bits per heavy atom. The second kappa shape index (κ2) is 3.02. The molecule has 1 aliphatic heterocycles. The molecule has 0 aromatic carbocycles. The van der Waals surface area contributed by atoms with Crippen LogP contribution in [-0.2, 0) is 9.84 Å². The minimum Gasteiger partial charge on any atom is -0.229 e. The van der Waals surface area contributed by atoms with E-state index >= 15 is 0 Å². The first-order chi connectivity index (χ1) is 5.40.